The lowest BCUT2D eigenvalue weighted by Crippen LogP contribution is -2.50. The van der Waals surface area contributed by atoms with Gasteiger partial charge in [0.2, 0.25) is 5.91 Å². The minimum Gasteiger partial charge on any atom is -0.489 e. The van der Waals surface area contributed by atoms with Crippen LogP contribution in [0, 0.1) is 5.82 Å². The number of carbonyl (C=O) groups is 2. The fraction of sp³-hybridized carbons (Fsp3) is 0.529. The third kappa shape index (κ3) is 4.84. The molecule has 0 aliphatic carbocycles. The van der Waals surface area contributed by atoms with Crippen molar-refractivity contribution < 1.29 is 18.7 Å². The number of hydrogen-bond donors (Lipinski definition) is 2. The molecule has 0 aromatic heterocycles. The molecule has 7 heteroatoms. The highest BCUT2D eigenvalue weighted by Gasteiger charge is 2.27. The Kier molecular flexibility index (Phi) is 6.40. The number of urea groups is 1. The van der Waals surface area contributed by atoms with Gasteiger partial charge in [-0.2, -0.15) is 0 Å². The lowest BCUT2D eigenvalue weighted by molar-refractivity contribution is -0.124. The molecule has 24 heavy (non-hydrogen) atoms. The van der Waals surface area contributed by atoms with Crippen molar-refractivity contribution in [1.82, 2.24) is 15.5 Å². The van der Waals surface area contributed by atoms with E-state index in [1.54, 1.807) is 19.1 Å². The smallest absolute Gasteiger partial charge is 0.318 e. The van der Waals surface area contributed by atoms with Crippen molar-refractivity contribution in [2.75, 3.05) is 19.6 Å². The molecule has 132 valence electrons. The highest BCUT2D eigenvalue weighted by atomic mass is 19.1. The molecule has 1 aromatic carbocycles. The molecule has 2 N–H and O–H groups in total. The molecule has 0 radical (unpaired) electrons. The zero-order chi connectivity index (χ0) is 17.5. The molecule has 6 nitrogen and oxygen atoms in total. The molecule has 1 aliphatic rings. The lowest BCUT2D eigenvalue weighted by atomic mass is 10.2. The Labute approximate surface area is 141 Å². The van der Waals surface area contributed by atoms with Gasteiger partial charge in [-0.05, 0) is 31.9 Å². The summed E-state index contributed by atoms with van der Waals surface area (Å²) >= 11 is 0. The molecule has 0 unspecified atom stereocenters. The number of ether oxygens (including phenoxy) is 1. The maximum absolute atomic E-state index is 13.2. The van der Waals surface area contributed by atoms with Gasteiger partial charge in [0.15, 0.2) is 0 Å². The van der Waals surface area contributed by atoms with Crippen LogP contribution in [0.1, 0.15) is 26.7 Å². The van der Waals surface area contributed by atoms with E-state index in [4.69, 9.17) is 4.74 Å². The van der Waals surface area contributed by atoms with Crippen molar-refractivity contribution in [1.29, 1.82) is 0 Å². The van der Waals surface area contributed by atoms with E-state index in [-0.39, 0.29) is 30.4 Å². The van der Waals surface area contributed by atoms with Gasteiger partial charge < -0.3 is 20.3 Å². The highest BCUT2D eigenvalue weighted by Crippen LogP contribution is 2.15. The number of benzene rings is 1. The Balaban J connectivity index is 1.89. The van der Waals surface area contributed by atoms with E-state index in [0.29, 0.717) is 25.3 Å². The summed E-state index contributed by atoms with van der Waals surface area (Å²) in [4.78, 5) is 25.7. The van der Waals surface area contributed by atoms with E-state index in [1.165, 1.54) is 17.0 Å². The number of amides is 3. The van der Waals surface area contributed by atoms with Gasteiger partial charge in [-0.3, -0.25) is 4.79 Å². The van der Waals surface area contributed by atoms with Crippen LogP contribution in [0.15, 0.2) is 24.3 Å². The van der Waals surface area contributed by atoms with Gasteiger partial charge in [0.1, 0.15) is 23.7 Å². The van der Waals surface area contributed by atoms with Crippen LogP contribution >= 0.6 is 0 Å². The predicted octanol–water partition coefficient (Wildman–Crippen LogP) is 1.90. The zero-order valence-corrected chi connectivity index (χ0v) is 14.0. The molecule has 2 rings (SSSR count). The van der Waals surface area contributed by atoms with Gasteiger partial charge in [0, 0.05) is 19.2 Å². The van der Waals surface area contributed by atoms with Gasteiger partial charge in [0.05, 0.1) is 6.54 Å². The first-order chi connectivity index (χ1) is 11.5. The van der Waals surface area contributed by atoms with E-state index in [9.17, 15) is 14.0 Å². The first kappa shape index (κ1) is 18.0. The van der Waals surface area contributed by atoms with Crippen LogP contribution in [0.5, 0.6) is 5.75 Å². The summed E-state index contributed by atoms with van der Waals surface area (Å²) in [5.74, 6) is -0.0832. The summed E-state index contributed by atoms with van der Waals surface area (Å²) in [6.07, 6.45) is 1.11. The van der Waals surface area contributed by atoms with Crippen molar-refractivity contribution in [2.45, 2.75) is 38.8 Å². The van der Waals surface area contributed by atoms with Crippen LogP contribution in [-0.4, -0.2) is 48.6 Å². The van der Waals surface area contributed by atoms with Gasteiger partial charge >= 0.3 is 6.03 Å². The molecule has 1 saturated heterocycles. The molecular formula is C17H24FN3O3. The van der Waals surface area contributed by atoms with Gasteiger partial charge in [0.25, 0.3) is 0 Å². The highest BCUT2D eigenvalue weighted by molar-refractivity contribution is 5.87. The zero-order valence-electron chi connectivity index (χ0n) is 14.0. The van der Waals surface area contributed by atoms with Crippen molar-refractivity contribution in [3.8, 4) is 5.75 Å². The Morgan fingerprint density at radius 2 is 2.33 bits per heavy atom. The fourth-order valence-electron chi connectivity index (χ4n) is 2.53. The van der Waals surface area contributed by atoms with Crippen LogP contribution in [-0.2, 0) is 4.79 Å². The average molecular weight is 337 g/mol. The summed E-state index contributed by atoms with van der Waals surface area (Å²) in [6, 6.07) is 5.12. The largest absolute Gasteiger partial charge is 0.489 e. The van der Waals surface area contributed by atoms with E-state index in [0.717, 1.165) is 6.42 Å². The summed E-state index contributed by atoms with van der Waals surface area (Å²) in [5.41, 5.74) is 0. The first-order valence-electron chi connectivity index (χ1n) is 8.25. The van der Waals surface area contributed by atoms with E-state index in [1.807, 2.05) is 6.92 Å². The maximum Gasteiger partial charge on any atom is 0.318 e. The molecule has 1 aromatic rings. The number of nitrogens with zero attached hydrogens (tertiary/aromatic N) is 1. The SMILES string of the molecule is CC[C@@H](CNC(=O)N1CCCNC(=O)[C@@H]1C)Oc1cccc(F)c1. The summed E-state index contributed by atoms with van der Waals surface area (Å²) in [6.45, 7) is 5.02. The van der Waals surface area contributed by atoms with Crippen molar-refractivity contribution in [2.24, 2.45) is 0 Å². The lowest BCUT2D eigenvalue weighted by Gasteiger charge is -2.27. The first-order valence-corrected chi connectivity index (χ1v) is 8.25. The minimum absolute atomic E-state index is 0.147. The number of nitrogens with one attached hydrogen (secondary N) is 2. The molecule has 0 saturated carbocycles. The Bertz CT molecular complexity index is 582. The molecule has 1 fully saturated rings. The van der Waals surface area contributed by atoms with Gasteiger partial charge in [-0.1, -0.05) is 13.0 Å². The van der Waals surface area contributed by atoms with Crippen molar-refractivity contribution in [3.05, 3.63) is 30.1 Å². The van der Waals surface area contributed by atoms with Crippen molar-refractivity contribution in [3.63, 3.8) is 0 Å². The van der Waals surface area contributed by atoms with Crippen LogP contribution in [0.2, 0.25) is 0 Å². The third-order valence-electron chi connectivity index (χ3n) is 4.02. The van der Waals surface area contributed by atoms with Crippen molar-refractivity contribution >= 4 is 11.9 Å². The molecule has 0 spiro atoms. The van der Waals surface area contributed by atoms with Crippen LogP contribution in [0.3, 0.4) is 0 Å². The molecule has 1 aliphatic heterocycles. The summed E-state index contributed by atoms with van der Waals surface area (Å²) in [7, 11) is 0. The van der Waals surface area contributed by atoms with Crippen LogP contribution < -0.4 is 15.4 Å². The fourth-order valence-corrected chi connectivity index (χ4v) is 2.53. The summed E-state index contributed by atoms with van der Waals surface area (Å²) < 4.78 is 18.9. The Morgan fingerprint density at radius 1 is 1.54 bits per heavy atom. The number of halogens is 1. The second kappa shape index (κ2) is 8.52. The summed E-state index contributed by atoms with van der Waals surface area (Å²) in [5, 5.41) is 5.58. The molecule has 2 atom stereocenters. The van der Waals surface area contributed by atoms with Gasteiger partial charge in [-0.25, -0.2) is 9.18 Å². The molecule has 0 bridgehead atoms. The number of rotatable bonds is 5. The number of carbonyl (C=O) groups excluding carboxylic acids is 2. The third-order valence-corrected chi connectivity index (χ3v) is 4.02. The molecule has 1 heterocycles. The second-order valence-corrected chi connectivity index (χ2v) is 5.81. The maximum atomic E-state index is 13.2. The predicted molar refractivity (Wildman–Crippen MR) is 88.3 cm³/mol. The van der Waals surface area contributed by atoms with Crippen LogP contribution in [0.25, 0.3) is 0 Å². The molecule has 3 amide bonds. The van der Waals surface area contributed by atoms with E-state index < -0.39 is 6.04 Å². The van der Waals surface area contributed by atoms with E-state index in [2.05, 4.69) is 10.6 Å². The Morgan fingerprint density at radius 3 is 3.04 bits per heavy atom. The minimum atomic E-state index is -0.503. The average Bonchev–Trinajstić information content (AvgIpc) is 2.73. The topological polar surface area (TPSA) is 70.7 Å². The number of hydrogen-bond acceptors (Lipinski definition) is 3. The molecular weight excluding hydrogens is 313 g/mol. The monoisotopic (exact) mass is 337 g/mol. The normalized spacial score (nSPS) is 19.2. The Hall–Kier alpha value is -2.31. The van der Waals surface area contributed by atoms with Crippen LogP contribution in [0.4, 0.5) is 9.18 Å². The standard InChI is InChI=1S/C17H24FN3O3/c1-3-14(24-15-7-4-6-13(18)10-15)11-20-17(23)21-9-5-8-19-16(22)12(21)2/h4,6-7,10,12,14H,3,5,8-9,11H2,1-2H3,(H,19,22)(H,20,23)/t12-,14-/m0/s1. The van der Waals surface area contributed by atoms with E-state index >= 15 is 0 Å². The van der Waals surface area contributed by atoms with Gasteiger partial charge in [-0.15, -0.1) is 0 Å². The second-order valence-electron chi connectivity index (χ2n) is 5.81. The quantitative estimate of drug-likeness (QED) is 0.862.